The highest BCUT2D eigenvalue weighted by Crippen LogP contribution is 2.67. The number of carbonyl (C=O) groups excluding carboxylic acids is 2. The molecule has 8 atom stereocenters. The second-order valence-corrected chi connectivity index (χ2v) is 12.3. The molecule has 0 spiro atoms. The molecule has 0 aliphatic heterocycles. The molecule has 4 rings (SSSR count). The number of hydrogen-bond donors (Lipinski definition) is 2. The van der Waals surface area contributed by atoms with Crippen LogP contribution in [0, 0.1) is 40.4 Å². The number of amides is 1. The molecule has 5 heteroatoms. The molecular weight excluding hydrogens is 414 g/mol. The molecule has 6 unspecified atom stereocenters. The largest absolute Gasteiger partial charge is 0.469 e. The van der Waals surface area contributed by atoms with Crippen molar-refractivity contribution in [3.63, 3.8) is 0 Å². The van der Waals surface area contributed by atoms with Gasteiger partial charge in [0.15, 0.2) is 0 Å². The van der Waals surface area contributed by atoms with Crippen LogP contribution >= 0.6 is 0 Å². The standard InChI is InChI=1S/C28H47NO4/c1-27-15-5-4-8-20(27)18-23(30)26-21-13-12-19(28(21,2)16-14-22(26)27)9-6-10-24(31)29-17-7-11-25(32)33-3/h19-23,26,30H,4-18H2,1-3H3,(H,29,31)/t19?,20?,21?,22?,23-,26-,27?,28?/m0/s1. The van der Waals surface area contributed by atoms with Crippen LogP contribution in [0.5, 0.6) is 0 Å². The lowest BCUT2D eigenvalue weighted by Gasteiger charge is -2.62. The fourth-order valence-electron chi connectivity index (χ4n) is 9.00. The Hall–Kier alpha value is -1.10. The Morgan fingerprint density at radius 1 is 0.970 bits per heavy atom. The van der Waals surface area contributed by atoms with Crippen molar-refractivity contribution in [2.75, 3.05) is 13.7 Å². The summed E-state index contributed by atoms with van der Waals surface area (Å²) in [4.78, 5) is 23.4. The van der Waals surface area contributed by atoms with Gasteiger partial charge in [-0.25, -0.2) is 0 Å². The highest BCUT2D eigenvalue weighted by Gasteiger charge is 2.61. The summed E-state index contributed by atoms with van der Waals surface area (Å²) in [6.45, 7) is 5.62. The third-order valence-corrected chi connectivity index (χ3v) is 10.9. The molecule has 4 aliphatic rings. The number of carbonyl (C=O) groups is 2. The van der Waals surface area contributed by atoms with Crippen LogP contribution in [0.25, 0.3) is 0 Å². The summed E-state index contributed by atoms with van der Waals surface area (Å²) in [7, 11) is 1.39. The maximum Gasteiger partial charge on any atom is 0.305 e. The lowest BCUT2D eigenvalue weighted by atomic mass is 9.44. The van der Waals surface area contributed by atoms with Crippen molar-refractivity contribution in [1.29, 1.82) is 0 Å². The molecular formula is C28H47NO4. The molecule has 5 nitrogen and oxygen atoms in total. The van der Waals surface area contributed by atoms with Crippen molar-refractivity contribution in [3.05, 3.63) is 0 Å². The molecule has 0 aromatic rings. The summed E-state index contributed by atoms with van der Waals surface area (Å²) in [6.07, 6.45) is 15.1. The molecule has 33 heavy (non-hydrogen) atoms. The Morgan fingerprint density at radius 3 is 2.55 bits per heavy atom. The first kappa shape index (κ1) is 25.0. The molecule has 188 valence electrons. The van der Waals surface area contributed by atoms with Crippen LogP contribution < -0.4 is 5.32 Å². The number of methoxy groups -OCH3 is 1. The quantitative estimate of drug-likeness (QED) is 0.383. The van der Waals surface area contributed by atoms with E-state index in [0.717, 1.165) is 25.2 Å². The predicted molar refractivity (Wildman–Crippen MR) is 129 cm³/mol. The Labute approximate surface area is 200 Å². The third kappa shape index (κ3) is 4.86. The van der Waals surface area contributed by atoms with Gasteiger partial charge in [-0.2, -0.15) is 0 Å². The summed E-state index contributed by atoms with van der Waals surface area (Å²) in [6, 6.07) is 0. The van der Waals surface area contributed by atoms with Gasteiger partial charge in [-0.3, -0.25) is 9.59 Å². The number of hydrogen-bond acceptors (Lipinski definition) is 4. The van der Waals surface area contributed by atoms with Gasteiger partial charge in [0.1, 0.15) is 0 Å². The second-order valence-electron chi connectivity index (χ2n) is 12.3. The number of fused-ring (bicyclic) bond motifs is 5. The smallest absolute Gasteiger partial charge is 0.305 e. The zero-order chi connectivity index (χ0) is 23.6. The number of ether oxygens (including phenoxy) is 1. The van der Waals surface area contributed by atoms with Gasteiger partial charge in [-0.05, 0) is 105 Å². The number of aliphatic hydroxyl groups is 1. The molecule has 0 radical (unpaired) electrons. The maximum atomic E-state index is 12.2. The first-order valence-electron chi connectivity index (χ1n) is 13.8. The predicted octanol–water partition coefficient (Wildman–Crippen LogP) is 5.25. The van der Waals surface area contributed by atoms with Gasteiger partial charge in [0, 0.05) is 19.4 Å². The third-order valence-electron chi connectivity index (χ3n) is 10.9. The monoisotopic (exact) mass is 461 g/mol. The Balaban J connectivity index is 1.29. The van der Waals surface area contributed by atoms with Gasteiger partial charge in [0.2, 0.25) is 5.91 Å². The van der Waals surface area contributed by atoms with Gasteiger partial charge < -0.3 is 15.2 Å². The molecule has 4 fully saturated rings. The van der Waals surface area contributed by atoms with Crippen LogP contribution in [-0.2, 0) is 14.3 Å². The topological polar surface area (TPSA) is 75.6 Å². The van der Waals surface area contributed by atoms with Gasteiger partial charge in [-0.15, -0.1) is 0 Å². The van der Waals surface area contributed by atoms with Gasteiger partial charge in [0.25, 0.3) is 0 Å². The van der Waals surface area contributed by atoms with Crippen LogP contribution in [0.15, 0.2) is 0 Å². The highest BCUT2D eigenvalue weighted by atomic mass is 16.5. The normalized spacial score (nSPS) is 42.1. The van der Waals surface area contributed by atoms with Crippen molar-refractivity contribution >= 4 is 11.9 Å². The molecule has 0 bridgehead atoms. The number of rotatable bonds is 8. The minimum absolute atomic E-state index is 0.0993. The summed E-state index contributed by atoms with van der Waals surface area (Å²) in [5.41, 5.74) is 0.782. The van der Waals surface area contributed by atoms with E-state index in [0.29, 0.717) is 60.3 Å². The van der Waals surface area contributed by atoms with E-state index < -0.39 is 0 Å². The van der Waals surface area contributed by atoms with Crippen LogP contribution in [0.1, 0.15) is 104 Å². The highest BCUT2D eigenvalue weighted by molar-refractivity contribution is 5.75. The number of nitrogens with one attached hydrogen (secondary N) is 1. The Bertz CT molecular complexity index is 710. The Morgan fingerprint density at radius 2 is 1.76 bits per heavy atom. The summed E-state index contributed by atoms with van der Waals surface area (Å²) >= 11 is 0. The van der Waals surface area contributed by atoms with Crippen molar-refractivity contribution < 1.29 is 19.4 Å². The van der Waals surface area contributed by atoms with Crippen LogP contribution in [0.4, 0.5) is 0 Å². The summed E-state index contributed by atoms with van der Waals surface area (Å²) in [5, 5.41) is 14.3. The lowest BCUT2D eigenvalue weighted by molar-refractivity contribution is -0.162. The molecule has 4 aliphatic carbocycles. The lowest BCUT2D eigenvalue weighted by Crippen LogP contribution is -2.57. The van der Waals surface area contributed by atoms with E-state index in [-0.39, 0.29) is 18.0 Å². The van der Waals surface area contributed by atoms with Crippen molar-refractivity contribution in [3.8, 4) is 0 Å². The van der Waals surface area contributed by atoms with Crippen molar-refractivity contribution in [1.82, 2.24) is 5.32 Å². The molecule has 4 saturated carbocycles. The van der Waals surface area contributed by atoms with E-state index >= 15 is 0 Å². The van der Waals surface area contributed by atoms with Crippen LogP contribution in [0.3, 0.4) is 0 Å². The molecule has 0 saturated heterocycles. The van der Waals surface area contributed by atoms with E-state index in [2.05, 4.69) is 23.9 Å². The molecule has 1 amide bonds. The zero-order valence-corrected chi connectivity index (χ0v) is 21.2. The van der Waals surface area contributed by atoms with E-state index in [1.54, 1.807) is 0 Å². The fourth-order valence-corrected chi connectivity index (χ4v) is 9.00. The number of esters is 1. The van der Waals surface area contributed by atoms with Gasteiger partial charge >= 0.3 is 5.97 Å². The summed E-state index contributed by atoms with van der Waals surface area (Å²) < 4.78 is 4.64. The average Bonchev–Trinajstić information content (AvgIpc) is 3.13. The van der Waals surface area contributed by atoms with Crippen molar-refractivity contribution in [2.24, 2.45) is 40.4 Å². The molecule has 0 aromatic heterocycles. The van der Waals surface area contributed by atoms with Crippen LogP contribution in [0.2, 0.25) is 0 Å². The van der Waals surface area contributed by atoms with E-state index in [1.165, 1.54) is 58.5 Å². The minimum Gasteiger partial charge on any atom is -0.469 e. The van der Waals surface area contributed by atoms with E-state index in [9.17, 15) is 14.7 Å². The maximum absolute atomic E-state index is 12.2. The van der Waals surface area contributed by atoms with Gasteiger partial charge in [0.05, 0.1) is 13.2 Å². The SMILES string of the molecule is COC(=O)CCCNC(=O)CCCC1CCC2[C@H]3C(CCC12C)C1(C)CCCCC1C[C@@H]3O. The van der Waals surface area contributed by atoms with Gasteiger partial charge in [-0.1, -0.05) is 26.7 Å². The fraction of sp³-hybridized carbons (Fsp3) is 0.929. The van der Waals surface area contributed by atoms with E-state index in [1.807, 2.05) is 0 Å². The molecule has 0 aromatic carbocycles. The minimum atomic E-state index is -0.223. The Kier molecular flexibility index (Phi) is 7.77. The molecule has 0 heterocycles. The average molecular weight is 462 g/mol. The molecule has 2 N–H and O–H groups in total. The second kappa shape index (κ2) is 10.3. The van der Waals surface area contributed by atoms with Crippen molar-refractivity contribution in [2.45, 2.75) is 110 Å². The van der Waals surface area contributed by atoms with E-state index in [4.69, 9.17) is 0 Å². The first-order valence-corrected chi connectivity index (χ1v) is 13.8. The zero-order valence-electron chi connectivity index (χ0n) is 21.2. The van der Waals surface area contributed by atoms with Crippen LogP contribution in [-0.4, -0.2) is 36.7 Å². The first-order chi connectivity index (χ1) is 15.8. The number of aliphatic hydroxyl groups excluding tert-OH is 1. The summed E-state index contributed by atoms with van der Waals surface area (Å²) in [5.74, 6) is 3.14.